The maximum absolute atomic E-state index is 12.1. The fourth-order valence-corrected chi connectivity index (χ4v) is 2.93. The Kier molecular flexibility index (Phi) is 4.25. The summed E-state index contributed by atoms with van der Waals surface area (Å²) in [5, 5.41) is 13.3. The molecule has 1 aliphatic rings. The van der Waals surface area contributed by atoms with Crippen molar-refractivity contribution in [2.75, 3.05) is 6.61 Å². The summed E-state index contributed by atoms with van der Waals surface area (Å²) in [6, 6.07) is 8.31. The van der Waals surface area contributed by atoms with Crippen molar-refractivity contribution in [3.63, 3.8) is 0 Å². The highest BCUT2D eigenvalue weighted by molar-refractivity contribution is 5.84. The molecule has 1 heterocycles. The number of fused-ring (bicyclic) bond motifs is 1. The summed E-state index contributed by atoms with van der Waals surface area (Å²) >= 11 is 0. The van der Waals surface area contributed by atoms with Crippen LogP contribution in [0.1, 0.15) is 31.2 Å². The minimum atomic E-state index is 0.0885. The zero-order valence-corrected chi connectivity index (χ0v) is 12.1. The number of aromatic amines is 1. The van der Waals surface area contributed by atoms with Gasteiger partial charge in [0.25, 0.3) is 0 Å². The average molecular weight is 286 g/mol. The van der Waals surface area contributed by atoms with E-state index in [-0.39, 0.29) is 18.6 Å². The number of carbonyl (C=O) groups is 1. The number of nitrogens with one attached hydrogen (secondary N) is 2. The van der Waals surface area contributed by atoms with Crippen molar-refractivity contribution >= 4 is 16.8 Å². The maximum atomic E-state index is 12.1. The molecule has 1 amide bonds. The third-order valence-electron chi connectivity index (χ3n) is 4.27. The number of amides is 1. The molecule has 1 aromatic carbocycles. The second-order valence-electron chi connectivity index (χ2n) is 5.88. The molecule has 21 heavy (non-hydrogen) atoms. The summed E-state index contributed by atoms with van der Waals surface area (Å²) in [4.78, 5) is 15.3. The molecule has 1 saturated carbocycles. The van der Waals surface area contributed by atoms with Crippen molar-refractivity contribution in [2.45, 2.75) is 38.1 Å². The highest BCUT2D eigenvalue weighted by Crippen LogP contribution is 2.34. The Bertz CT molecular complexity index is 616. The third kappa shape index (κ3) is 3.45. The summed E-state index contributed by atoms with van der Waals surface area (Å²) in [6.07, 6.45) is 6.25. The first-order valence-electron chi connectivity index (χ1n) is 7.73. The predicted octanol–water partition coefficient (Wildman–Crippen LogP) is 2.38. The van der Waals surface area contributed by atoms with Crippen molar-refractivity contribution in [3.8, 4) is 0 Å². The lowest BCUT2D eigenvalue weighted by atomic mass is 10.1. The van der Waals surface area contributed by atoms with Gasteiger partial charge in [-0.2, -0.15) is 0 Å². The number of carbonyl (C=O) groups excluding carboxylic acids is 1. The van der Waals surface area contributed by atoms with E-state index in [1.54, 1.807) is 0 Å². The molecule has 0 saturated heterocycles. The number of aryl methyl sites for hydroxylation is 1. The predicted molar refractivity (Wildman–Crippen MR) is 83.0 cm³/mol. The summed E-state index contributed by atoms with van der Waals surface area (Å²) < 4.78 is 0. The summed E-state index contributed by atoms with van der Waals surface area (Å²) in [5.41, 5.74) is 2.30. The summed E-state index contributed by atoms with van der Waals surface area (Å²) in [7, 11) is 0. The van der Waals surface area contributed by atoms with Gasteiger partial charge in [-0.15, -0.1) is 0 Å². The number of benzene rings is 1. The molecule has 0 aliphatic heterocycles. The molecule has 1 aromatic heterocycles. The number of hydrogen-bond acceptors (Lipinski definition) is 2. The van der Waals surface area contributed by atoms with E-state index in [9.17, 15) is 4.79 Å². The molecular weight excluding hydrogens is 264 g/mol. The Hall–Kier alpha value is -1.81. The van der Waals surface area contributed by atoms with Crippen molar-refractivity contribution in [1.82, 2.24) is 10.3 Å². The Morgan fingerprint density at radius 3 is 2.95 bits per heavy atom. The van der Waals surface area contributed by atoms with E-state index < -0.39 is 0 Å². The molecular formula is C17H22N2O2. The highest BCUT2D eigenvalue weighted by Gasteiger charge is 2.31. The van der Waals surface area contributed by atoms with E-state index in [4.69, 9.17) is 5.11 Å². The van der Waals surface area contributed by atoms with Crippen LogP contribution in [0.5, 0.6) is 0 Å². The van der Waals surface area contributed by atoms with Gasteiger partial charge in [0.15, 0.2) is 0 Å². The smallest absolute Gasteiger partial charge is 0.220 e. The quantitative estimate of drug-likeness (QED) is 0.731. The molecule has 2 aromatic rings. The van der Waals surface area contributed by atoms with E-state index in [1.165, 1.54) is 23.8 Å². The fraction of sp³-hybridized carbons (Fsp3) is 0.471. The molecule has 4 nitrogen and oxygen atoms in total. The van der Waals surface area contributed by atoms with Crippen LogP contribution in [-0.4, -0.2) is 28.6 Å². The molecule has 1 unspecified atom stereocenters. The van der Waals surface area contributed by atoms with Gasteiger partial charge in [-0.1, -0.05) is 18.2 Å². The van der Waals surface area contributed by atoms with Crippen LogP contribution in [0.3, 0.4) is 0 Å². The standard InChI is InChI=1S/C17H22N2O2/c20-10-9-15(12-5-6-12)19-17(21)8-7-13-11-18-16-4-2-1-3-14(13)16/h1-4,11-12,15,18,20H,5-10H2,(H,19,21). The van der Waals surface area contributed by atoms with Crippen molar-refractivity contribution in [2.24, 2.45) is 5.92 Å². The topological polar surface area (TPSA) is 65.1 Å². The van der Waals surface area contributed by atoms with Crippen LogP contribution in [0.4, 0.5) is 0 Å². The first-order chi connectivity index (χ1) is 10.3. The molecule has 0 radical (unpaired) electrons. The van der Waals surface area contributed by atoms with Gasteiger partial charge in [0, 0.05) is 36.2 Å². The largest absolute Gasteiger partial charge is 0.396 e. The molecule has 3 rings (SSSR count). The van der Waals surface area contributed by atoms with Gasteiger partial charge in [-0.25, -0.2) is 0 Å². The Labute approximate surface area is 124 Å². The van der Waals surface area contributed by atoms with Crippen molar-refractivity contribution in [3.05, 3.63) is 36.0 Å². The second kappa shape index (κ2) is 6.31. The van der Waals surface area contributed by atoms with E-state index in [0.29, 0.717) is 18.8 Å². The average Bonchev–Trinajstić information content (AvgIpc) is 3.26. The minimum absolute atomic E-state index is 0.0885. The van der Waals surface area contributed by atoms with Gasteiger partial charge >= 0.3 is 0 Å². The summed E-state index contributed by atoms with van der Waals surface area (Å²) in [5.74, 6) is 0.666. The van der Waals surface area contributed by atoms with Crippen LogP contribution < -0.4 is 5.32 Å². The van der Waals surface area contributed by atoms with Crippen LogP contribution in [-0.2, 0) is 11.2 Å². The number of aromatic nitrogens is 1. The SMILES string of the molecule is O=C(CCc1c[nH]c2ccccc12)NC(CCO)C1CC1. The first kappa shape index (κ1) is 14.1. The monoisotopic (exact) mass is 286 g/mol. The lowest BCUT2D eigenvalue weighted by molar-refractivity contribution is -0.122. The van der Waals surface area contributed by atoms with Gasteiger partial charge in [-0.3, -0.25) is 4.79 Å². The number of H-pyrrole nitrogens is 1. The molecule has 1 atom stereocenters. The highest BCUT2D eigenvalue weighted by atomic mass is 16.3. The number of rotatable bonds is 7. The van der Waals surface area contributed by atoms with Crippen LogP contribution in [0.2, 0.25) is 0 Å². The molecule has 112 valence electrons. The van der Waals surface area contributed by atoms with Crippen LogP contribution >= 0.6 is 0 Å². The zero-order valence-electron chi connectivity index (χ0n) is 12.1. The molecule has 0 bridgehead atoms. The number of para-hydroxylation sites is 1. The summed E-state index contributed by atoms with van der Waals surface area (Å²) in [6.45, 7) is 0.143. The van der Waals surface area contributed by atoms with Gasteiger partial charge in [0.1, 0.15) is 0 Å². The fourth-order valence-electron chi connectivity index (χ4n) is 2.93. The second-order valence-corrected chi connectivity index (χ2v) is 5.88. The lowest BCUT2D eigenvalue weighted by Gasteiger charge is -2.17. The molecule has 1 aliphatic carbocycles. The van der Waals surface area contributed by atoms with Crippen LogP contribution in [0, 0.1) is 5.92 Å². The Balaban J connectivity index is 1.55. The molecule has 4 heteroatoms. The lowest BCUT2D eigenvalue weighted by Crippen LogP contribution is -2.37. The number of aliphatic hydroxyl groups is 1. The van der Waals surface area contributed by atoms with E-state index in [2.05, 4.69) is 16.4 Å². The van der Waals surface area contributed by atoms with Crippen molar-refractivity contribution < 1.29 is 9.90 Å². The number of hydrogen-bond donors (Lipinski definition) is 3. The van der Waals surface area contributed by atoms with E-state index >= 15 is 0 Å². The van der Waals surface area contributed by atoms with E-state index in [0.717, 1.165) is 11.9 Å². The van der Waals surface area contributed by atoms with Crippen molar-refractivity contribution in [1.29, 1.82) is 0 Å². The Morgan fingerprint density at radius 2 is 2.19 bits per heavy atom. The van der Waals surface area contributed by atoms with E-state index in [1.807, 2.05) is 24.4 Å². The number of aliphatic hydroxyl groups excluding tert-OH is 1. The third-order valence-corrected chi connectivity index (χ3v) is 4.27. The van der Waals surface area contributed by atoms with Crippen LogP contribution in [0.15, 0.2) is 30.5 Å². The zero-order chi connectivity index (χ0) is 14.7. The van der Waals surface area contributed by atoms with Gasteiger partial charge in [0.2, 0.25) is 5.91 Å². The van der Waals surface area contributed by atoms with Gasteiger partial charge < -0.3 is 15.4 Å². The van der Waals surface area contributed by atoms with Crippen LogP contribution in [0.25, 0.3) is 10.9 Å². The first-order valence-corrected chi connectivity index (χ1v) is 7.73. The van der Waals surface area contributed by atoms with Gasteiger partial charge in [-0.05, 0) is 43.2 Å². The van der Waals surface area contributed by atoms with Gasteiger partial charge in [0.05, 0.1) is 0 Å². The Morgan fingerprint density at radius 1 is 1.38 bits per heavy atom. The molecule has 0 spiro atoms. The maximum Gasteiger partial charge on any atom is 0.220 e. The normalized spacial score (nSPS) is 16.0. The molecule has 3 N–H and O–H groups in total. The molecule has 1 fully saturated rings. The minimum Gasteiger partial charge on any atom is -0.396 e.